The van der Waals surface area contributed by atoms with Crippen LogP contribution >= 0.6 is 0 Å². The van der Waals surface area contributed by atoms with E-state index in [0.29, 0.717) is 24.5 Å². The second kappa shape index (κ2) is 10.8. The van der Waals surface area contributed by atoms with Crippen molar-refractivity contribution in [3.63, 3.8) is 0 Å². The van der Waals surface area contributed by atoms with E-state index in [2.05, 4.69) is 10.6 Å². The molecule has 2 rings (SSSR count). The van der Waals surface area contributed by atoms with Gasteiger partial charge in [-0.1, -0.05) is 18.2 Å². The Morgan fingerprint density at radius 2 is 1.46 bits per heavy atom. The van der Waals surface area contributed by atoms with Crippen LogP contribution in [0.3, 0.4) is 0 Å². The van der Waals surface area contributed by atoms with E-state index in [4.69, 9.17) is 14.2 Å². The largest absolute Gasteiger partial charge is 0.497 e. The third-order valence-electron chi connectivity index (χ3n) is 4.18. The highest BCUT2D eigenvalue weighted by molar-refractivity contribution is 5.84. The van der Waals surface area contributed by atoms with Gasteiger partial charge in [0.05, 0.1) is 27.9 Å². The predicted octanol–water partition coefficient (Wildman–Crippen LogP) is 2.08. The van der Waals surface area contributed by atoms with Crippen LogP contribution < -0.4 is 24.8 Å². The summed E-state index contributed by atoms with van der Waals surface area (Å²) in [5.74, 6) is 1.60. The molecule has 0 aliphatic heterocycles. The third-order valence-corrected chi connectivity index (χ3v) is 4.18. The molecule has 0 aliphatic rings. The average Bonchev–Trinajstić information content (AvgIpc) is 2.74. The highest BCUT2D eigenvalue weighted by atomic mass is 16.5. The minimum atomic E-state index is -0.240. The lowest BCUT2D eigenvalue weighted by atomic mass is 10.1. The molecule has 150 valence electrons. The molecule has 7 nitrogen and oxygen atoms in total. The Balaban J connectivity index is 1.70. The average molecular weight is 386 g/mol. The van der Waals surface area contributed by atoms with Crippen molar-refractivity contribution >= 4 is 11.8 Å². The first-order valence-corrected chi connectivity index (χ1v) is 8.93. The molecular weight excluding hydrogens is 360 g/mol. The predicted molar refractivity (Wildman–Crippen MR) is 106 cm³/mol. The van der Waals surface area contributed by atoms with Crippen molar-refractivity contribution in [2.45, 2.75) is 19.4 Å². The van der Waals surface area contributed by atoms with Gasteiger partial charge in [-0.2, -0.15) is 0 Å². The topological polar surface area (TPSA) is 85.9 Å². The maximum atomic E-state index is 12.0. The number of ether oxygens (including phenoxy) is 3. The summed E-state index contributed by atoms with van der Waals surface area (Å²) in [6.45, 7) is 0.339. The number of hydrogen-bond acceptors (Lipinski definition) is 5. The summed E-state index contributed by atoms with van der Waals surface area (Å²) in [5, 5.41) is 5.40. The monoisotopic (exact) mass is 386 g/mol. The van der Waals surface area contributed by atoms with Gasteiger partial charge in [-0.25, -0.2) is 0 Å². The molecule has 7 heteroatoms. The standard InChI is InChI=1S/C21H26N2O5/c1-26-17-8-4-16(5-9-17)13-22-21(25)14-23-20(24)11-7-15-6-10-18(27-2)19(12-15)28-3/h4-6,8-10,12H,7,11,13-14H2,1-3H3,(H,22,25)(H,23,24). The van der Waals surface area contributed by atoms with Crippen molar-refractivity contribution in [2.24, 2.45) is 0 Å². The summed E-state index contributed by atoms with van der Waals surface area (Å²) < 4.78 is 15.5. The third kappa shape index (κ3) is 6.50. The molecule has 0 fully saturated rings. The molecule has 0 spiro atoms. The summed E-state index contributed by atoms with van der Waals surface area (Å²) in [6, 6.07) is 12.9. The van der Waals surface area contributed by atoms with E-state index in [-0.39, 0.29) is 24.8 Å². The van der Waals surface area contributed by atoms with Crippen LogP contribution in [0.5, 0.6) is 17.2 Å². The lowest BCUT2D eigenvalue weighted by Crippen LogP contribution is -2.36. The molecule has 0 unspecified atom stereocenters. The van der Waals surface area contributed by atoms with Gasteiger partial charge in [-0.05, 0) is 41.8 Å². The lowest BCUT2D eigenvalue weighted by molar-refractivity contribution is -0.126. The molecule has 2 amide bonds. The highest BCUT2D eigenvalue weighted by Gasteiger charge is 2.08. The number of carbonyl (C=O) groups is 2. The van der Waals surface area contributed by atoms with Crippen LogP contribution in [0.1, 0.15) is 17.5 Å². The number of hydrogen-bond donors (Lipinski definition) is 2. The molecule has 0 saturated heterocycles. The van der Waals surface area contributed by atoms with Gasteiger partial charge in [0.1, 0.15) is 5.75 Å². The lowest BCUT2D eigenvalue weighted by Gasteiger charge is -2.10. The maximum absolute atomic E-state index is 12.0. The van der Waals surface area contributed by atoms with Crippen molar-refractivity contribution in [1.82, 2.24) is 10.6 Å². The highest BCUT2D eigenvalue weighted by Crippen LogP contribution is 2.27. The zero-order valence-corrected chi connectivity index (χ0v) is 16.4. The number of aryl methyl sites for hydroxylation is 1. The molecule has 0 aromatic heterocycles. The fourth-order valence-electron chi connectivity index (χ4n) is 2.57. The Hall–Kier alpha value is -3.22. The van der Waals surface area contributed by atoms with Crippen LogP contribution in [0.15, 0.2) is 42.5 Å². The van der Waals surface area contributed by atoms with Crippen LogP contribution in [0.2, 0.25) is 0 Å². The smallest absolute Gasteiger partial charge is 0.239 e. The van der Waals surface area contributed by atoms with Gasteiger partial charge in [-0.15, -0.1) is 0 Å². The van der Waals surface area contributed by atoms with E-state index >= 15 is 0 Å². The Bertz CT molecular complexity index is 790. The van der Waals surface area contributed by atoms with Crippen LogP contribution in [0.25, 0.3) is 0 Å². The molecule has 0 bridgehead atoms. The van der Waals surface area contributed by atoms with E-state index < -0.39 is 0 Å². The Morgan fingerprint density at radius 3 is 2.11 bits per heavy atom. The molecule has 2 aromatic rings. The Kier molecular flexibility index (Phi) is 8.14. The normalized spacial score (nSPS) is 10.1. The first kappa shape index (κ1) is 21.1. The van der Waals surface area contributed by atoms with Crippen molar-refractivity contribution in [3.05, 3.63) is 53.6 Å². The first-order valence-electron chi connectivity index (χ1n) is 8.93. The van der Waals surface area contributed by atoms with E-state index in [9.17, 15) is 9.59 Å². The van der Waals surface area contributed by atoms with Gasteiger partial charge in [-0.3, -0.25) is 9.59 Å². The molecular formula is C21H26N2O5. The van der Waals surface area contributed by atoms with Crippen LogP contribution in [0, 0.1) is 0 Å². The minimum Gasteiger partial charge on any atom is -0.497 e. The van der Waals surface area contributed by atoms with Crippen molar-refractivity contribution < 1.29 is 23.8 Å². The van der Waals surface area contributed by atoms with Gasteiger partial charge < -0.3 is 24.8 Å². The van der Waals surface area contributed by atoms with Crippen LogP contribution in [-0.2, 0) is 22.6 Å². The number of rotatable bonds is 10. The van der Waals surface area contributed by atoms with Crippen LogP contribution in [-0.4, -0.2) is 39.7 Å². The number of carbonyl (C=O) groups excluding carboxylic acids is 2. The zero-order valence-electron chi connectivity index (χ0n) is 16.4. The van der Waals surface area contributed by atoms with Crippen molar-refractivity contribution in [1.29, 1.82) is 0 Å². The van der Waals surface area contributed by atoms with Crippen molar-refractivity contribution in [3.8, 4) is 17.2 Å². The summed E-state index contributed by atoms with van der Waals surface area (Å²) in [6.07, 6.45) is 0.820. The molecule has 2 aromatic carbocycles. The van der Waals surface area contributed by atoms with Gasteiger partial charge in [0.2, 0.25) is 11.8 Å². The van der Waals surface area contributed by atoms with E-state index in [0.717, 1.165) is 16.9 Å². The molecule has 0 radical (unpaired) electrons. The number of methoxy groups -OCH3 is 3. The first-order chi connectivity index (χ1) is 13.5. The number of nitrogens with one attached hydrogen (secondary N) is 2. The Labute approximate surface area is 165 Å². The number of amides is 2. The van der Waals surface area contributed by atoms with Crippen molar-refractivity contribution in [2.75, 3.05) is 27.9 Å². The van der Waals surface area contributed by atoms with Gasteiger partial charge in [0.15, 0.2) is 11.5 Å². The maximum Gasteiger partial charge on any atom is 0.239 e. The minimum absolute atomic E-state index is 0.0546. The molecule has 2 N–H and O–H groups in total. The summed E-state index contributed by atoms with van der Waals surface area (Å²) in [5.41, 5.74) is 1.91. The molecule has 0 saturated carbocycles. The van der Waals surface area contributed by atoms with Gasteiger partial charge in [0.25, 0.3) is 0 Å². The molecule has 0 atom stereocenters. The summed E-state index contributed by atoms with van der Waals surface area (Å²) in [7, 11) is 4.74. The molecule has 0 heterocycles. The van der Waals surface area contributed by atoms with Crippen LogP contribution in [0.4, 0.5) is 0 Å². The van der Waals surface area contributed by atoms with E-state index in [1.807, 2.05) is 36.4 Å². The quantitative estimate of drug-likeness (QED) is 0.653. The fourth-order valence-corrected chi connectivity index (χ4v) is 2.57. The second-order valence-corrected chi connectivity index (χ2v) is 6.09. The molecule has 0 aliphatic carbocycles. The van der Waals surface area contributed by atoms with E-state index in [1.165, 1.54) is 0 Å². The van der Waals surface area contributed by atoms with E-state index in [1.54, 1.807) is 27.4 Å². The van der Waals surface area contributed by atoms with Gasteiger partial charge in [0, 0.05) is 13.0 Å². The van der Waals surface area contributed by atoms with Gasteiger partial charge >= 0.3 is 0 Å². The zero-order chi connectivity index (χ0) is 20.4. The fraction of sp³-hybridized carbons (Fsp3) is 0.333. The summed E-state index contributed by atoms with van der Waals surface area (Å²) >= 11 is 0. The number of benzene rings is 2. The molecule has 28 heavy (non-hydrogen) atoms. The second-order valence-electron chi connectivity index (χ2n) is 6.09. The Morgan fingerprint density at radius 1 is 0.786 bits per heavy atom. The SMILES string of the molecule is COc1ccc(CNC(=O)CNC(=O)CCc2ccc(OC)c(OC)c2)cc1. The summed E-state index contributed by atoms with van der Waals surface area (Å²) in [4.78, 5) is 23.9.